The molecule has 0 aromatic heterocycles. The zero-order valence-electron chi connectivity index (χ0n) is 15.3. The standard InChI is InChI=1S/C22H30O2/c1-5-22(24)11-9-18-19-17(8-10-21(18,22)4)16-7-6-15(23)12-14(16)13-20(19,2)3/h1,17-19,24H,6-13H2,2-4H3/t17-,18+,19-,21+,22+/m1/s1. The van der Waals surface area contributed by atoms with E-state index in [1.807, 2.05) is 0 Å². The summed E-state index contributed by atoms with van der Waals surface area (Å²) in [6, 6.07) is 0. The second-order valence-corrected chi connectivity index (χ2v) is 9.75. The minimum Gasteiger partial charge on any atom is -0.377 e. The van der Waals surface area contributed by atoms with Gasteiger partial charge < -0.3 is 5.11 Å². The van der Waals surface area contributed by atoms with Gasteiger partial charge in [-0.3, -0.25) is 4.79 Å². The molecular weight excluding hydrogens is 296 g/mol. The van der Waals surface area contributed by atoms with E-state index in [1.165, 1.54) is 5.57 Å². The topological polar surface area (TPSA) is 37.3 Å². The third-order valence-corrected chi connectivity index (χ3v) is 8.22. The highest BCUT2D eigenvalue weighted by Crippen LogP contribution is 2.67. The summed E-state index contributed by atoms with van der Waals surface area (Å²) < 4.78 is 0. The molecule has 0 spiro atoms. The van der Waals surface area contributed by atoms with Gasteiger partial charge in [0.1, 0.15) is 11.4 Å². The van der Waals surface area contributed by atoms with Gasteiger partial charge in [0, 0.05) is 18.3 Å². The summed E-state index contributed by atoms with van der Waals surface area (Å²) in [5, 5.41) is 11.1. The van der Waals surface area contributed by atoms with Crippen LogP contribution in [0, 0.1) is 40.9 Å². The summed E-state index contributed by atoms with van der Waals surface area (Å²) in [5.74, 6) is 4.88. The van der Waals surface area contributed by atoms with Crippen molar-refractivity contribution in [1.82, 2.24) is 0 Å². The molecule has 0 bridgehead atoms. The van der Waals surface area contributed by atoms with Crippen molar-refractivity contribution in [2.75, 3.05) is 0 Å². The maximum atomic E-state index is 12.0. The predicted octanol–water partition coefficient (Wildman–Crippen LogP) is 4.27. The van der Waals surface area contributed by atoms with Crippen molar-refractivity contribution in [3.8, 4) is 12.3 Å². The van der Waals surface area contributed by atoms with Gasteiger partial charge in [0.2, 0.25) is 0 Å². The molecule has 4 aliphatic carbocycles. The number of carbonyl (C=O) groups is 1. The number of ketones is 1. The van der Waals surface area contributed by atoms with Crippen LogP contribution in [0.15, 0.2) is 11.1 Å². The molecule has 0 unspecified atom stereocenters. The van der Waals surface area contributed by atoms with Crippen LogP contribution in [0.5, 0.6) is 0 Å². The van der Waals surface area contributed by atoms with Gasteiger partial charge in [0.05, 0.1) is 0 Å². The molecule has 4 rings (SSSR count). The molecule has 4 aliphatic rings. The van der Waals surface area contributed by atoms with Crippen LogP contribution >= 0.6 is 0 Å². The monoisotopic (exact) mass is 326 g/mol. The molecule has 0 radical (unpaired) electrons. The van der Waals surface area contributed by atoms with E-state index < -0.39 is 5.60 Å². The Morgan fingerprint density at radius 1 is 1.17 bits per heavy atom. The van der Waals surface area contributed by atoms with Crippen molar-refractivity contribution in [1.29, 1.82) is 0 Å². The first-order chi connectivity index (χ1) is 11.2. The minimum atomic E-state index is -0.935. The average molecular weight is 326 g/mol. The van der Waals surface area contributed by atoms with Crippen molar-refractivity contribution in [3.05, 3.63) is 11.1 Å². The van der Waals surface area contributed by atoms with Gasteiger partial charge in [0.15, 0.2) is 0 Å². The normalized spacial score (nSPS) is 46.8. The number of rotatable bonds is 0. The van der Waals surface area contributed by atoms with Crippen molar-refractivity contribution in [2.45, 2.75) is 77.7 Å². The first kappa shape index (κ1) is 16.4. The fraction of sp³-hybridized carbons (Fsp3) is 0.773. The highest BCUT2D eigenvalue weighted by Gasteiger charge is 2.64. The van der Waals surface area contributed by atoms with Gasteiger partial charge >= 0.3 is 0 Å². The van der Waals surface area contributed by atoms with E-state index in [1.54, 1.807) is 5.57 Å². The second-order valence-electron chi connectivity index (χ2n) is 9.75. The number of terminal acetylenes is 1. The van der Waals surface area contributed by atoms with E-state index >= 15 is 0 Å². The minimum absolute atomic E-state index is 0.150. The molecule has 2 heteroatoms. The van der Waals surface area contributed by atoms with Crippen LogP contribution in [-0.2, 0) is 4.79 Å². The molecule has 0 heterocycles. The Hall–Kier alpha value is -1.07. The second kappa shape index (κ2) is 4.98. The van der Waals surface area contributed by atoms with Gasteiger partial charge in [-0.25, -0.2) is 0 Å². The SMILES string of the molecule is C#C[C@]1(O)CC[C@H]2[C@H]3[C@H](CC[C@@]21C)C1=C(CC(=O)CC1)CC3(C)C. The summed E-state index contributed by atoms with van der Waals surface area (Å²) >= 11 is 0. The Balaban J connectivity index is 1.77. The average Bonchev–Trinajstić information content (AvgIpc) is 2.78. The molecule has 130 valence electrons. The predicted molar refractivity (Wildman–Crippen MR) is 95.1 cm³/mol. The third kappa shape index (κ3) is 1.97. The van der Waals surface area contributed by atoms with E-state index in [0.717, 1.165) is 44.9 Å². The van der Waals surface area contributed by atoms with Crippen LogP contribution in [0.25, 0.3) is 0 Å². The van der Waals surface area contributed by atoms with E-state index in [2.05, 4.69) is 26.7 Å². The largest absolute Gasteiger partial charge is 0.377 e. The zero-order valence-corrected chi connectivity index (χ0v) is 15.3. The highest BCUT2D eigenvalue weighted by molar-refractivity contribution is 5.82. The molecule has 0 aromatic carbocycles. The number of hydrogen-bond donors (Lipinski definition) is 1. The Kier molecular flexibility index (Phi) is 3.40. The quantitative estimate of drug-likeness (QED) is 0.533. The van der Waals surface area contributed by atoms with Crippen molar-refractivity contribution < 1.29 is 9.90 Å². The van der Waals surface area contributed by atoms with E-state index in [-0.39, 0.29) is 10.8 Å². The molecule has 2 saturated carbocycles. The van der Waals surface area contributed by atoms with Gasteiger partial charge in [-0.15, -0.1) is 6.42 Å². The van der Waals surface area contributed by atoms with Crippen molar-refractivity contribution >= 4 is 5.78 Å². The van der Waals surface area contributed by atoms with Gasteiger partial charge in [-0.05, 0) is 61.7 Å². The molecule has 0 saturated heterocycles. The fourth-order valence-corrected chi connectivity index (χ4v) is 7.06. The summed E-state index contributed by atoms with van der Waals surface area (Å²) in [6.45, 7) is 7.00. The number of hydrogen-bond acceptors (Lipinski definition) is 2. The van der Waals surface area contributed by atoms with E-state index in [4.69, 9.17) is 6.42 Å². The Morgan fingerprint density at radius 2 is 1.92 bits per heavy atom. The lowest BCUT2D eigenvalue weighted by Gasteiger charge is -2.58. The van der Waals surface area contributed by atoms with Gasteiger partial charge in [-0.2, -0.15) is 0 Å². The number of fused-ring (bicyclic) bond motifs is 4. The van der Waals surface area contributed by atoms with Gasteiger partial charge in [0.25, 0.3) is 0 Å². The summed E-state index contributed by atoms with van der Waals surface area (Å²) in [6.07, 6.45) is 13.2. The first-order valence-electron chi connectivity index (χ1n) is 9.64. The Bertz CT molecular complexity index is 664. The van der Waals surface area contributed by atoms with E-state index in [0.29, 0.717) is 30.0 Å². The lowest BCUT2D eigenvalue weighted by atomic mass is 9.46. The van der Waals surface area contributed by atoms with Gasteiger partial charge in [-0.1, -0.05) is 37.8 Å². The zero-order chi connectivity index (χ0) is 17.3. The Labute approximate surface area is 146 Å². The maximum absolute atomic E-state index is 12.0. The van der Waals surface area contributed by atoms with Crippen LogP contribution in [0.3, 0.4) is 0 Å². The first-order valence-corrected chi connectivity index (χ1v) is 9.64. The number of carbonyl (C=O) groups excluding carboxylic acids is 1. The molecule has 2 fully saturated rings. The van der Waals surface area contributed by atoms with Crippen LogP contribution in [0.4, 0.5) is 0 Å². The summed E-state index contributed by atoms with van der Waals surface area (Å²) in [5.41, 5.74) is 2.16. The molecule has 5 atom stereocenters. The van der Waals surface area contributed by atoms with Crippen LogP contribution in [-0.4, -0.2) is 16.5 Å². The number of aliphatic hydroxyl groups is 1. The van der Waals surface area contributed by atoms with Crippen LogP contribution in [0.1, 0.15) is 72.1 Å². The molecule has 2 nitrogen and oxygen atoms in total. The number of Topliss-reactive ketones (excluding diaryl/α,β-unsaturated/α-hetero) is 1. The number of allylic oxidation sites excluding steroid dienone is 2. The lowest BCUT2D eigenvalue weighted by molar-refractivity contribution is -0.120. The van der Waals surface area contributed by atoms with Crippen molar-refractivity contribution in [2.24, 2.45) is 28.6 Å². The maximum Gasteiger partial charge on any atom is 0.137 e. The lowest BCUT2D eigenvalue weighted by Crippen LogP contribution is -2.54. The van der Waals surface area contributed by atoms with E-state index in [9.17, 15) is 9.90 Å². The van der Waals surface area contributed by atoms with Crippen LogP contribution in [0.2, 0.25) is 0 Å². The highest BCUT2D eigenvalue weighted by atomic mass is 16.3. The third-order valence-electron chi connectivity index (χ3n) is 8.22. The molecule has 0 amide bonds. The smallest absolute Gasteiger partial charge is 0.137 e. The fourth-order valence-electron chi connectivity index (χ4n) is 7.06. The van der Waals surface area contributed by atoms with Crippen LogP contribution < -0.4 is 0 Å². The Morgan fingerprint density at radius 3 is 2.62 bits per heavy atom. The summed E-state index contributed by atoms with van der Waals surface area (Å²) in [7, 11) is 0. The molecule has 1 N–H and O–H groups in total. The van der Waals surface area contributed by atoms with Crippen molar-refractivity contribution in [3.63, 3.8) is 0 Å². The molecule has 24 heavy (non-hydrogen) atoms. The summed E-state index contributed by atoms with van der Waals surface area (Å²) in [4.78, 5) is 12.0. The molecular formula is C22H30O2. The molecule has 0 aliphatic heterocycles. The molecule has 0 aromatic rings.